The Morgan fingerprint density at radius 3 is 2.09 bits per heavy atom. The molecule has 236 valence electrons. The summed E-state index contributed by atoms with van der Waals surface area (Å²) in [7, 11) is 0. The fourth-order valence-corrected chi connectivity index (χ4v) is 4.67. The number of carbonyl (C=O) groups excluding carboxylic acids is 3. The summed E-state index contributed by atoms with van der Waals surface area (Å²) >= 11 is 0. The lowest BCUT2D eigenvalue weighted by molar-refractivity contribution is -0.147. The molecule has 0 fully saturated rings. The summed E-state index contributed by atoms with van der Waals surface area (Å²) in [6, 6.07) is 8.12. The van der Waals surface area contributed by atoms with Crippen LogP contribution in [0, 0.1) is 0 Å². The number of fused-ring (bicyclic) bond motifs is 1. The van der Waals surface area contributed by atoms with Gasteiger partial charge in [-0.05, 0) is 61.6 Å². The Hall–Kier alpha value is -4.95. The van der Waals surface area contributed by atoms with Crippen LogP contribution in [0.5, 0.6) is 5.75 Å². The number of hydrogen-bond acceptors (Lipinski definition) is 8. The minimum atomic E-state index is -1.75. The lowest BCUT2D eigenvalue weighted by Gasteiger charge is -2.25. The molecule has 14 heteroatoms. The number of para-hydroxylation sites is 1. The normalized spacial score (nSPS) is 13.8. The Morgan fingerprint density at radius 1 is 0.795 bits per heavy atom. The number of phenols is 1. The van der Waals surface area contributed by atoms with E-state index >= 15 is 0 Å². The largest absolute Gasteiger partial charge is 0.508 e. The Bertz CT molecular complexity index is 1460. The quantitative estimate of drug-likeness (QED) is 0.0934. The predicted molar refractivity (Wildman–Crippen MR) is 160 cm³/mol. The number of nitrogens with one attached hydrogen (secondary N) is 4. The molecule has 0 spiro atoms. The van der Waals surface area contributed by atoms with Gasteiger partial charge in [0.15, 0.2) is 0 Å². The first-order valence-electron chi connectivity index (χ1n) is 14.1. The van der Waals surface area contributed by atoms with Crippen molar-refractivity contribution in [3.05, 3.63) is 65.9 Å². The standard InChI is InChI=1S/C30H38N6O8/c31-12-4-3-7-23(34-27(40)21(32)14-18-16-33-22-6-2-1-5-20(18)22)28(41)35-24(13-17-8-10-19(37)11-9-17)29(42)36-25(30(43)44)15-26(38)39/h1-2,5-6,8-11,16,21,23-25,33,37H,3-4,7,12-15,31-32H2,(H,34,40)(H,35,41)(H,36,42)(H,38,39)(H,43,44). The van der Waals surface area contributed by atoms with E-state index in [-0.39, 0.29) is 25.0 Å². The molecule has 3 rings (SSSR count). The van der Waals surface area contributed by atoms with Gasteiger partial charge in [0, 0.05) is 23.5 Å². The van der Waals surface area contributed by atoms with E-state index in [0.717, 1.165) is 16.5 Å². The number of aromatic amines is 1. The molecule has 0 aliphatic heterocycles. The summed E-state index contributed by atoms with van der Waals surface area (Å²) in [5.41, 5.74) is 14.1. The van der Waals surface area contributed by atoms with Gasteiger partial charge in [-0.15, -0.1) is 0 Å². The highest BCUT2D eigenvalue weighted by Gasteiger charge is 2.31. The maximum Gasteiger partial charge on any atom is 0.326 e. The number of benzene rings is 2. The van der Waals surface area contributed by atoms with Crippen LogP contribution >= 0.6 is 0 Å². The van der Waals surface area contributed by atoms with Gasteiger partial charge in [0.1, 0.15) is 23.9 Å². The summed E-state index contributed by atoms with van der Waals surface area (Å²) in [5, 5.41) is 36.4. The highest BCUT2D eigenvalue weighted by molar-refractivity contribution is 5.95. The molecular weight excluding hydrogens is 572 g/mol. The Labute approximate surface area is 253 Å². The monoisotopic (exact) mass is 610 g/mol. The van der Waals surface area contributed by atoms with Crippen molar-refractivity contribution in [3.8, 4) is 5.75 Å². The number of aliphatic carboxylic acids is 2. The summed E-state index contributed by atoms with van der Waals surface area (Å²) in [6.07, 6.45) is 2.17. The number of unbranched alkanes of at least 4 members (excludes halogenated alkanes) is 1. The van der Waals surface area contributed by atoms with Gasteiger partial charge < -0.3 is 47.7 Å². The number of hydrogen-bond donors (Lipinski definition) is 9. The van der Waals surface area contributed by atoms with Crippen LogP contribution in [0.1, 0.15) is 36.8 Å². The van der Waals surface area contributed by atoms with Crippen LogP contribution in [-0.2, 0) is 36.8 Å². The predicted octanol–water partition coefficient (Wildman–Crippen LogP) is 0.129. The first kappa shape index (κ1) is 33.6. The van der Waals surface area contributed by atoms with Gasteiger partial charge in [-0.2, -0.15) is 0 Å². The van der Waals surface area contributed by atoms with Crippen molar-refractivity contribution < 1.29 is 39.3 Å². The minimum absolute atomic E-state index is 0.0298. The third kappa shape index (κ3) is 9.81. The molecule has 0 saturated heterocycles. The van der Waals surface area contributed by atoms with Crippen LogP contribution < -0.4 is 27.4 Å². The van der Waals surface area contributed by atoms with E-state index < -0.39 is 60.2 Å². The Morgan fingerprint density at radius 2 is 1.43 bits per heavy atom. The number of rotatable bonds is 17. The summed E-state index contributed by atoms with van der Waals surface area (Å²) in [6.45, 7) is 0.356. The van der Waals surface area contributed by atoms with Gasteiger partial charge >= 0.3 is 11.9 Å². The molecule has 44 heavy (non-hydrogen) atoms. The lowest BCUT2D eigenvalue weighted by Crippen LogP contribution is -2.58. The van der Waals surface area contributed by atoms with Gasteiger partial charge in [-0.1, -0.05) is 30.3 Å². The zero-order valence-electron chi connectivity index (χ0n) is 24.0. The van der Waals surface area contributed by atoms with Crippen LogP contribution in [0.4, 0.5) is 0 Å². The number of carboxylic acids is 2. The number of nitrogens with two attached hydrogens (primary N) is 2. The van der Waals surface area contributed by atoms with Gasteiger partial charge in [0.2, 0.25) is 17.7 Å². The van der Waals surface area contributed by atoms with Crippen molar-refractivity contribution in [2.75, 3.05) is 6.54 Å². The van der Waals surface area contributed by atoms with E-state index in [9.17, 15) is 34.2 Å². The average Bonchev–Trinajstić information content (AvgIpc) is 3.39. The Kier molecular flexibility index (Phi) is 12.2. The fourth-order valence-electron chi connectivity index (χ4n) is 4.67. The number of aromatic hydroxyl groups is 1. The second-order valence-corrected chi connectivity index (χ2v) is 10.4. The smallest absolute Gasteiger partial charge is 0.326 e. The van der Waals surface area contributed by atoms with Crippen molar-refractivity contribution in [2.45, 2.75) is 62.7 Å². The van der Waals surface area contributed by atoms with E-state index in [4.69, 9.17) is 16.6 Å². The molecule has 4 atom stereocenters. The minimum Gasteiger partial charge on any atom is -0.508 e. The molecule has 0 aliphatic carbocycles. The van der Waals surface area contributed by atoms with Gasteiger partial charge in [-0.25, -0.2) is 4.79 Å². The lowest BCUT2D eigenvalue weighted by atomic mass is 10.0. The highest BCUT2D eigenvalue weighted by Crippen LogP contribution is 2.19. The van der Waals surface area contributed by atoms with Crippen LogP contribution in [0.25, 0.3) is 10.9 Å². The number of amides is 3. The number of H-pyrrole nitrogens is 1. The maximum atomic E-state index is 13.5. The van der Waals surface area contributed by atoms with Gasteiger partial charge in [-0.3, -0.25) is 19.2 Å². The Balaban J connectivity index is 1.78. The van der Waals surface area contributed by atoms with Crippen LogP contribution in [0.15, 0.2) is 54.7 Å². The molecule has 0 aliphatic rings. The second-order valence-electron chi connectivity index (χ2n) is 10.4. The van der Waals surface area contributed by atoms with Gasteiger partial charge in [0.05, 0.1) is 12.5 Å². The van der Waals surface area contributed by atoms with Crippen molar-refractivity contribution in [1.82, 2.24) is 20.9 Å². The molecule has 11 N–H and O–H groups in total. The molecule has 0 saturated carbocycles. The molecule has 14 nitrogen and oxygen atoms in total. The van der Waals surface area contributed by atoms with E-state index in [0.29, 0.717) is 24.9 Å². The van der Waals surface area contributed by atoms with Crippen LogP contribution in [0.3, 0.4) is 0 Å². The zero-order chi connectivity index (χ0) is 32.2. The van der Waals surface area contributed by atoms with E-state index in [1.54, 1.807) is 6.20 Å². The molecule has 4 unspecified atom stereocenters. The van der Waals surface area contributed by atoms with Crippen LogP contribution in [0.2, 0.25) is 0 Å². The maximum absolute atomic E-state index is 13.5. The molecule has 2 aromatic carbocycles. The molecule has 3 aromatic rings. The molecule has 0 bridgehead atoms. The molecule has 0 radical (unpaired) electrons. The third-order valence-electron chi connectivity index (χ3n) is 7.03. The summed E-state index contributed by atoms with van der Waals surface area (Å²) in [4.78, 5) is 65.7. The molecule has 1 heterocycles. The third-order valence-corrected chi connectivity index (χ3v) is 7.03. The average molecular weight is 611 g/mol. The van der Waals surface area contributed by atoms with E-state index in [1.165, 1.54) is 24.3 Å². The number of aromatic nitrogens is 1. The number of carboxylic acid groups (broad SMARTS) is 2. The summed E-state index contributed by atoms with van der Waals surface area (Å²) < 4.78 is 0. The zero-order valence-corrected chi connectivity index (χ0v) is 24.0. The number of carbonyl (C=O) groups is 5. The van der Waals surface area contributed by atoms with Crippen molar-refractivity contribution in [1.29, 1.82) is 0 Å². The van der Waals surface area contributed by atoms with E-state index in [1.807, 2.05) is 24.3 Å². The molecule has 1 aromatic heterocycles. The first-order chi connectivity index (χ1) is 21.0. The van der Waals surface area contributed by atoms with Crippen LogP contribution in [-0.4, -0.2) is 80.7 Å². The highest BCUT2D eigenvalue weighted by atomic mass is 16.4. The topological polar surface area (TPSA) is 250 Å². The summed E-state index contributed by atoms with van der Waals surface area (Å²) in [5.74, 6) is -5.29. The molecular formula is C30H38N6O8. The van der Waals surface area contributed by atoms with Crippen molar-refractivity contribution >= 4 is 40.6 Å². The first-order valence-corrected chi connectivity index (χ1v) is 14.1. The SMILES string of the molecule is NCCCCC(NC(=O)C(N)Cc1c[nH]c2ccccc12)C(=O)NC(Cc1ccc(O)cc1)C(=O)NC(CC(=O)O)C(=O)O. The number of phenolic OH excluding ortho intramolecular Hbond substituents is 1. The van der Waals surface area contributed by atoms with E-state index in [2.05, 4.69) is 20.9 Å². The fraction of sp³-hybridized carbons (Fsp3) is 0.367. The second kappa shape index (κ2) is 16.0. The van der Waals surface area contributed by atoms with Crippen molar-refractivity contribution in [2.24, 2.45) is 11.5 Å². The van der Waals surface area contributed by atoms with Gasteiger partial charge in [0.25, 0.3) is 0 Å². The van der Waals surface area contributed by atoms with Crippen molar-refractivity contribution in [3.63, 3.8) is 0 Å². The molecule has 3 amide bonds.